The summed E-state index contributed by atoms with van der Waals surface area (Å²) in [6.07, 6.45) is 6.19. The van der Waals surface area contributed by atoms with Crippen LogP contribution in [0.2, 0.25) is 0 Å². The van der Waals surface area contributed by atoms with Crippen molar-refractivity contribution in [2.24, 2.45) is 4.99 Å². The number of aliphatic imine (C=N–C) groups is 1. The van der Waals surface area contributed by atoms with Crippen LogP contribution < -0.4 is 5.32 Å². The molecule has 0 bridgehead atoms. The molecule has 2 aromatic rings. The van der Waals surface area contributed by atoms with E-state index in [2.05, 4.69) is 15.2 Å². The summed E-state index contributed by atoms with van der Waals surface area (Å²) in [7, 11) is 0. The Bertz CT molecular complexity index is 916. The molecule has 1 aromatic heterocycles. The summed E-state index contributed by atoms with van der Waals surface area (Å²) in [6, 6.07) is 4.42. The Kier molecular flexibility index (Phi) is 5.64. The molecule has 1 saturated heterocycles. The average Bonchev–Trinajstić information content (AvgIpc) is 3.25. The molecule has 3 heterocycles. The minimum atomic E-state index is -0.534. The number of nitrogens with zero attached hydrogens (tertiary/aromatic N) is 3. The number of halogens is 1. The first-order valence-electron chi connectivity index (χ1n) is 9.57. The topological polar surface area (TPSA) is 57.6 Å². The SMILES string of the molecule is Cc1c(F)cccc1[C@@H]1N=C(c2nccs2)NC(CN2CCCCC2)=C1C=O. The van der Waals surface area contributed by atoms with E-state index in [4.69, 9.17) is 4.99 Å². The van der Waals surface area contributed by atoms with Gasteiger partial charge in [-0.2, -0.15) is 0 Å². The predicted molar refractivity (Wildman–Crippen MR) is 109 cm³/mol. The standard InChI is InChI=1S/C21H23FN4OS/c1-14-15(6-5-7-17(14)22)19-16(13-27)18(12-26-9-3-2-4-10-26)24-20(25-19)21-23-8-11-28-21/h5-8,11,13,19H,2-4,9-10,12H2,1H3,(H,24,25)/t19-/m0/s1. The number of hydrogen-bond donors (Lipinski definition) is 1. The van der Waals surface area contributed by atoms with Crippen LogP contribution in [0.3, 0.4) is 0 Å². The van der Waals surface area contributed by atoms with Gasteiger partial charge < -0.3 is 5.32 Å². The van der Waals surface area contributed by atoms with Gasteiger partial charge in [0.15, 0.2) is 10.8 Å². The number of hydrogen-bond acceptors (Lipinski definition) is 6. The Hall–Kier alpha value is -2.38. The largest absolute Gasteiger partial charge is 0.340 e. The second-order valence-corrected chi connectivity index (χ2v) is 8.08. The second kappa shape index (κ2) is 8.32. The average molecular weight is 399 g/mol. The third-order valence-electron chi connectivity index (χ3n) is 5.37. The first kappa shape index (κ1) is 19.0. The van der Waals surface area contributed by atoms with Crippen molar-refractivity contribution >= 4 is 23.5 Å². The van der Waals surface area contributed by atoms with Gasteiger partial charge in [-0.25, -0.2) is 9.37 Å². The molecule has 0 amide bonds. The highest BCUT2D eigenvalue weighted by Gasteiger charge is 2.29. The van der Waals surface area contributed by atoms with Gasteiger partial charge in [0.1, 0.15) is 18.1 Å². The number of likely N-dealkylation sites (tertiary alicyclic amines) is 1. The lowest BCUT2D eigenvalue weighted by Gasteiger charge is -2.32. The van der Waals surface area contributed by atoms with Crippen molar-refractivity contribution in [3.63, 3.8) is 0 Å². The molecule has 1 N–H and O–H groups in total. The van der Waals surface area contributed by atoms with Gasteiger partial charge in [-0.1, -0.05) is 18.6 Å². The number of rotatable bonds is 5. The Balaban J connectivity index is 1.77. The number of aldehydes is 1. The van der Waals surface area contributed by atoms with Crippen molar-refractivity contribution in [2.75, 3.05) is 19.6 Å². The Morgan fingerprint density at radius 3 is 2.86 bits per heavy atom. The minimum absolute atomic E-state index is 0.287. The summed E-state index contributed by atoms with van der Waals surface area (Å²) in [6.45, 7) is 4.43. The van der Waals surface area contributed by atoms with Crippen molar-refractivity contribution in [3.8, 4) is 0 Å². The van der Waals surface area contributed by atoms with E-state index in [1.165, 1.54) is 36.7 Å². The first-order chi connectivity index (χ1) is 13.7. The molecular weight excluding hydrogens is 375 g/mol. The van der Waals surface area contributed by atoms with E-state index < -0.39 is 6.04 Å². The number of carbonyl (C=O) groups is 1. The Morgan fingerprint density at radius 1 is 1.32 bits per heavy atom. The maximum Gasteiger partial charge on any atom is 0.163 e. The highest BCUT2D eigenvalue weighted by atomic mass is 32.1. The van der Waals surface area contributed by atoms with E-state index in [1.807, 2.05) is 11.4 Å². The summed E-state index contributed by atoms with van der Waals surface area (Å²) in [5.41, 5.74) is 2.65. The Morgan fingerprint density at radius 2 is 2.14 bits per heavy atom. The van der Waals surface area contributed by atoms with E-state index >= 15 is 0 Å². The van der Waals surface area contributed by atoms with Gasteiger partial charge in [0.25, 0.3) is 0 Å². The third-order valence-corrected chi connectivity index (χ3v) is 6.15. The summed E-state index contributed by atoms with van der Waals surface area (Å²) in [5, 5.41) is 6.01. The summed E-state index contributed by atoms with van der Waals surface area (Å²) in [4.78, 5) is 23.6. The fraction of sp³-hybridized carbons (Fsp3) is 0.381. The molecule has 5 nitrogen and oxygen atoms in total. The van der Waals surface area contributed by atoms with Crippen molar-refractivity contribution in [1.29, 1.82) is 0 Å². The van der Waals surface area contributed by atoms with Crippen LogP contribution in [-0.2, 0) is 4.79 Å². The van der Waals surface area contributed by atoms with Gasteiger partial charge in [0, 0.05) is 29.4 Å². The van der Waals surface area contributed by atoms with Gasteiger partial charge in [-0.05, 0) is 50.0 Å². The molecule has 0 saturated carbocycles. The molecule has 4 rings (SSSR count). The molecule has 1 atom stereocenters. The normalized spacial score (nSPS) is 20.6. The number of nitrogens with one attached hydrogen (secondary N) is 1. The molecule has 0 aliphatic carbocycles. The monoisotopic (exact) mass is 398 g/mol. The number of amidine groups is 1. The van der Waals surface area contributed by atoms with E-state index in [0.717, 1.165) is 30.1 Å². The van der Waals surface area contributed by atoms with Crippen LogP contribution in [0.1, 0.15) is 41.4 Å². The first-order valence-corrected chi connectivity index (χ1v) is 10.5. The maximum absolute atomic E-state index is 14.2. The van der Waals surface area contributed by atoms with Crippen molar-refractivity contribution in [2.45, 2.75) is 32.2 Å². The van der Waals surface area contributed by atoms with Crippen LogP contribution in [0.5, 0.6) is 0 Å². The zero-order valence-corrected chi connectivity index (χ0v) is 16.6. The van der Waals surface area contributed by atoms with Gasteiger partial charge >= 0.3 is 0 Å². The molecule has 0 spiro atoms. The van der Waals surface area contributed by atoms with Gasteiger partial charge in [0.2, 0.25) is 0 Å². The molecular formula is C21H23FN4OS. The zero-order valence-electron chi connectivity index (χ0n) is 15.8. The summed E-state index contributed by atoms with van der Waals surface area (Å²) < 4.78 is 14.2. The molecule has 28 heavy (non-hydrogen) atoms. The minimum Gasteiger partial charge on any atom is -0.340 e. The molecule has 2 aliphatic heterocycles. The molecule has 0 unspecified atom stereocenters. The highest BCUT2D eigenvalue weighted by molar-refractivity contribution is 7.11. The number of aromatic nitrogens is 1. The number of piperidine rings is 1. The fourth-order valence-corrected chi connectivity index (χ4v) is 4.41. The van der Waals surface area contributed by atoms with Crippen LogP contribution in [-0.4, -0.2) is 41.6 Å². The lowest BCUT2D eigenvalue weighted by molar-refractivity contribution is -0.105. The van der Waals surface area contributed by atoms with Crippen molar-refractivity contribution in [3.05, 3.63) is 63.0 Å². The van der Waals surface area contributed by atoms with E-state index in [9.17, 15) is 9.18 Å². The van der Waals surface area contributed by atoms with Crippen LogP contribution in [0, 0.1) is 12.7 Å². The lowest BCUT2D eigenvalue weighted by atomic mass is 9.93. The molecule has 1 fully saturated rings. The number of thiazole rings is 1. The smallest absolute Gasteiger partial charge is 0.163 e. The van der Waals surface area contributed by atoms with E-state index in [-0.39, 0.29) is 5.82 Å². The van der Waals surface area contributed by atoms with Crippen LogP contribution in [0.15, 0.2) is 46.0 Å². The Labute approximate surface area is 168 Å². The summed E-state index contributed by atoms with van der Waals surface area (Å²) >= 11 is 1.49. The zero-order chi connectivity index (χ0) is 19.5. The highest BCUT2D eigenvalue weighted by Crippen LogP contribution is 2.33. The molecule has 1 aromatic carbocycles. The van der Waals surface area contributed by atoms with E-state index in [0.29, 0.717) is 29.1 Å². The maximum atomic E-state index is 14.2. The number of carbonyl (C=O) groups excluding carboxylic acids is 1. The van der Waals surface area contributed by atoms with Crippen LogP contribution in [0.4, 0.5) is 4.39 Å². The molecule has 0 radical (unpaired) electrons. The van der Waals surface area contributed by atoms with Crippen molar-refractivity contribution < 1.29 is 9.18 Å². The third kappa shape index (κ3) is 3.77. The van der Waals surface area contributed by atoms with Crippen LogP contribution in [0.25, 0.3) is 0 Å². The summed E-state index contributed by atoms with van der Waals surface area (Å²) in [5.74, 6) is 0.353. The van der Waals surface area contributed by atoms with Gasteiger partial charge in [-0.15, -0.1) is 11.3 Å². The molecule has 7 heteroatoms. The quantitative estimate of drug-likeness (QED) is 0.782. The fourth-order valence-electron chi connectivity index (χ4n) is 3.83. The van der Waals surface area contributed by atoms with E-state index in [1.54, 1.807) is 19.2 Å². The van der Waals surface area contributed by atoms with Gasteiger partial charge in [0.05, 0.1) is 0 Å². The predicted octanol–water partition coefficient (Wildman–Crippen LogP) is 3.62. The molecule has 2 aliphatic rings. The lowest BCUT2D eigenvalue weighted by Crippen LogP contribution is -2.40. The second-order valence-electron chi connectivity index (χ2n) is 7.19. The van der Waals surface area contributed by atoms with Crippen molar-refractivity contribution in [1.82, 2.24) is 15.2 Å². The van der Waals surface area contributed by atoms with Gasteiger partial charge in [-0.3, -0.25) is 14.7 Å². The molecule has 146 valence electrons. The number of benzene rings is 1. The van der Waals surface area contributed by atoms with Crippen LogP contribution >= 0.6 is 11.3 Å².